The van der Waals surface area contributed by atoms with Crippen molar-refractivity contribution in [1.29, 1.82) is 0 Å². The van der Waals surface area contributed by atoms with Crippen LogP contribution in [0.5, 0.6) is 5.75 Å². The van der Waals surface area contributed by atoms with E-state index in [2.05, 4.69) is 0 Å². The summed E-state index contributed by atoms with van der Waals surface area (Å²) in [5.74, 6) is -0.681. The van der Waals surface area contributed by atoms with E-state index in [1.165, 1.54) is 7.05 Å². The second-order valence-electron chi connectivity index (χ2n) is 3.74. The first-order valence-corrected chi connectivity index (χ1v) is 5.07. The Balaban J connectivity index is 2.92. The number of ether oxygens (including phenoxy) is 1. The fourth-order valence-corrected chi connectivity index (χ4v) is 1.48. The first-order chi connectivity index (χ1) is 7.95. The molecule has 1 rings (SSSR count). The molecule has 92 valence electrons. The number of nitrogens with zero attached hydrogens (tertiary/aromatic N) is 1. The van der Waals surface area contributed by atoms with E-state index < -0.39 is 5.97 Å². The van der Waals surface area contributed by atoms with Crippen molar-refractivity contribution in [2.75, 3.05) is 20.7 Å². The number of aliphatic carboxylic acids is 1. The quantitative estimate of drug-likeness (QED) is 0.853. The molecule has 5 nitrogen and oxygen atoms in total. The summed E-state index contributed by atoms with van der Waals surface area (Å²) in [5, 5.41) is 8.62. The first kappa shape index (κ1) is 13.0. The molecule has 0 heterocycles. The minimum atomic E-state index is -1.04. The number of rotatable bonds is 4. The molecule has 0 aliphatic rings. The standard InChI is InChI=1S/C12H15NO4/c1-8-6-9(17-3)4-5-10(8)12(16)13(2)7-11(14)15/h4-6H,7H2,1-3H3,(H,14,15). The number of carboxylic acid groups (broad SMARTS) is 1. The number of hydrogen-bond donors (Lipinski definition) is 1. The number of carboxylic acids is 1. The average molecular weight is 237 g/mol. The van der Waals surface area contributed by atoms with Gasteiger partial charge >= 0.3 is 5.97 Å². The molecule has 5 heteroatoms. The van der Waals surface area contributed by atoms with Gasteiger partial charge in [0.1, 0.15) is 12.3 Å². The molecule has 1 N–H and O–H groups in total. The minimum absolute atomic E-state index is 0.312. The lowest BCUT2D eigenvalue weighted by atomic mass is 10.1. The van der Waals surface area contributed by atoms with Crippen LogP contribution < -0.4 is 4.74 Å². The van der Waals surface area contributed by atoms with Gasteiger partial charge in [-0.3, -0.25) is 9.59 Å². The number of aryl methyl sites for hydroxylation is 1. The van der Waals surface area contributed by atoms with E-state index in [0.29, 0.717) is 11.3 Å². The Morgan fingerprint density at radius 3 is 2.53 bits per heavy atom. The third-order valence-electron chi connectivity index (χ3n) is 2.38. The molecule has 1 amide bonds. The van der Waals surface area contributed by atoms with E-state index >= 15 is 0 Å². The number of carbonyl (C=O) groups excluding carboxylic acids is 1. The van der Waals surface area contributed by atoms with Crippen molar-refractivity contribution >= 4 is 11.9 Å². The second kappa shape index (κ2) is 5.34. The van der Waals surface area contributed by atoms with Crippen LogP contribution in [0.4, 0.5) is 0 Å². The Morgan fingerprint density at radius 1 is 1.41 bits per heavy atom. The largest absolute Gasteiger partial charge is 0.497 e. The van der Waals surface area contributed by atoms with E-state index in [9.17, 15) is 9.59 Å². The Bertz CT molecular complexity index is 442. The van der Waals surface area contributed by atoms with Crippen LogP contribution in [0.1, 0.15) is 15.9 Å². The third kappa shape index (κ3) is 3.21. The Labute approximate surface area is 99.6 Å². The average Bonchev–Trinajstić information content (AvgIpc) is 2.27. The second-order valence-corrected chi connectivity index (χ2v) is 3.74. The van der Waals surface area contributed by atoms with Gasteiger partial charge in [0.2, 0.25) is 0 Å². The topological polar surface area (TPSA) is 66.8 Å². The van der Waals surface area contributed by atoms with Gasteiger partial charge in [-0.15, -0.1) is 0 Å². The lowest BCUT2D eigenvalue weighted by Crippen LogP contribution is -2.32. The molecule has 0 unspecified atom stereocenters. The molecule has 0 saturated heterocycles. The zero-order chi connectivity index (χ0) is 13.0. The highest BCUT2D eigenvalue weighted by molar-refractivity contribution is 5.97. The monoisotopic (exact) mass is 237 g/mol. The number of carbonyl (C=O) groups is 2. The summed E-state index contributed by atoms with van der Waals surface area (Å²) in [6, 6.07) is 5.05. The number of benzene rings is 1. The lowest BCUT2D eigenvalue weighted by Gasteiger charge is -2.16. The molecule has 17 heavy (non-hydrogen) atoms. The zero-order valence-corrected chi connectivity index (χ0v) is 10.1. The van der Waals surface area contributed by atoms with Crippen LogP contribution in [0.2, 0.25) is 0 Å². The van der Waals surface area contributed by atoms with E-state index in [1.54, 1.807) is 32.2 Å². The summed E-state index contributed by atoms with van der Waals surface area (Å²) in [4.78, 5) is 23.6. The number of amides is 1. The summed E-state index contributed by atoms with van der Waals surface area (Å²) in [7, 11) is 3.01. The van der Waals surface area contributed by atoms with E-state index in [4.69, 9.17) is 9.84 Å². The molecule has 1 aromatic carbocycles. The van der Waals surface area contributed by atoms with Crippen LogP contribution in [0.15, 0.2) is 18.2 Å². The van der Waals surface area contributed by atoms with E-state index in [1.807, 2.05) is 0 Å². The van der Waals surface area contributed by atoms with Gasteiger partial charge in [-0.1, -0.05) is 0 Å². The van der Waals surface area contributed by atoms with E-state index in [-0.39, 0.29) is 12.5 Å². The molecule has 0 spiro atoms. The molecular formula is C12H15NO4. The van der Waals surface area contributed by atoms with Crippen LogP contribution in [-0.4, -0.2) is 42.6 Å². The van der Waals surface area contributed by atoms with Crippen LogP contribution in [0, 0.1) is 6.92 Å². The minimum Gasteiger partial charge on any atom is -0.497 e. The zero-order valence-electron chi connectivity index (χ0n) is 10.1. The number of likely N-dealkylation sites (N-methyl/N-ethyl adjacent to an activating group) is 1. The van der Waals surface area contributed by atoms with Gasteiger partial charge < -0.3 is 14.7 Å². The van der Waals surface area contributed by atoms with Gasteiger partial charge in [0.05, 0.1) is 7.11 Å². The van der Waals surface area contributed by atoms with Gasteiger partial charge in [-0.25, -0.2) is 0 Å². The number of hydrogen-bond acceptors (Lipinski definition) is 3. The molecule has 0 atom stereocenters. The van der Waals surface area contributed by atoms with Crippen LogP contribution in [-0.2, 0) is 4.79 Å². The summed E-state index contributed by atoms with van der Waals surface area (Å²) in [6.07, 6.45) is 0. The Morgan fingerprint density at radius 2 is 2.06 bits per heavy atom. The first-order valence-electron chi connectivity index (χ1n) is 5.07. The molecule has 0 aliphatic carbocycles. The fourth-order valence-electron chi connectivity index (χ4n) is 1.48. The van der Waals surface area contributed by atoms with E-state index in [0.717, 1.165) is 10.5 Å². The molecule has 0 aliphatic heterocycles. The van der Waals surface area contributed by atoms with Crippen molar-refractivity contribution in [3.63, 3.8) is 0 Å². The highest BCUT2D eigenvalue weighted by Crippen LogP contribution is 2.17. The molecular weight excluding hydrogens is 222 g/mol. The van der Waals surface area contributed by atoms with Gasteiger partial charge in [0, 0.05) is 12.6 Å². The normalized spacial score (nSPS) is 9.82. The Hall–Kier alpha value is -2.04. The highest BCUT2D eigenvalue weighted by Gasteiger charge is 2.16. The summed E-state index contributed by atoms with van der Waals surface area (Å²) < 4.78 is 5.04. The summed E-state index contributed by atoms with van der Waals surface area (Å²) in [6.45, 7) is 1.47. The maximum Gasteiger partial charge on any atom is 0.323 e. The van der Waals surface area contributed by atoms with Crippen molar-refractivity contribution < 1.29 is 19.4 Å². The van der Waals surface area contributed by atoms with Gasteiger partial charge in [-0.2, -0.15) is 0 Å². The van der Waals surface area contributed by atoms with Crippen molar-refractivity contribution in [2.24, 2.45) is 0 Å². The van der Waals surface area contributed by atoms with Crippen molar-refractivity contribution in [3.8, 4) is 5.75 Å². The van der Waals surface area contributed by atoms with Crippen LogP contribution >= 0.6 is 0 Å². The van der Waals surface area contributed by atoms with Gasteiger partial charge in [-0.05, 0) is 30.7 Å². The molecule has 0 bridgehead atoms. The predicted molar refractivity (Wildman–Crippen MR) is 62.3 cm³/mol. The van der Waals surface area contributed by atoms with Crippen molar-refractivity contribution in [2.45, 2.75) is 6.92 Å². The molecule has 0 saturated carbocycles. The van der Waals surface area contributed by atoms with Crippen molar-refractivity contribution in [1.82, 2.24) is 4.90 Å². The Kier molecular flexibility index (Phi) is 4.09. The highest BCUT2D eigenvalue weighted by atomic mass is 16.5. The molecule has 0 aromatic heterocycles. The summed E-state index contributed by atoms with van der Waals surface area (Å²) >= 11 is 0. The lowest BCUT2D eigenvalue weighted by molar-refractivity contribution is -0.137. The SMILES string of the molecule is COc1ccc(C(=O)N(C)CC(=O)O)c(C)c1. The third-order valence-corrected chi connectivity index (χ3v) is 2.38. The van der Waals surface area contributed by atoms with Gasteiger partial charge in [0.25, 0.3) is 5.91 Å². The fraction of sp³-hybridized carbons (Fsp3) is 0.333. The van der Waals surface area contributed by atoms with Crippen molar-refractivity contribution in [3.05, 3.63) is 29.3 Å². The van der Waals surface area contributed by atoms with Gasteiger partial charge in [0.15, 0.2) is 0 Å². The molecule has 1 aromatic rings. The molecule has 0 radical (unpaired) electrons. The maximum absolute atomic E-state index is 11.9. The predicted octanol–water partition coefficient (Wildman–Crippen LogP) is 1.16. The molecule has 0 fully saturated rings. The van der Waals surface area contributed by atoms with Crippen LogP contribution in [0.25, 0.3) is 0 Å². The summed E-state index contributed by atoms with van der Waals surface area (Å²) in [5.41, 5.74) is 1.24. The number of methoxy groups -OCH3 is 1. The van der Waals surface area contributed by atoms with Crippen LogP contribution in [0.3, 0.4) is 0 Å². The maximum atomic E-state index is 11.9. The smallest absolute Gasteiger partial charge is 0.323 e.